The summed E-state index contributed by atoms with van der Waals surface area (Å²) in [5.41, 5.74) is 1.55. The predicted octanol–water partition coefficient (Wildman–Crippen LogP) is 4.07. The van der Waals surface area contributed by atoms with E-state index in [9.17, 15) is 17.2 Å². The van der Waals surface area contributed by atoms with Gasteiger partial charge in [0, 0.05) is 17.6 Å². The largest absolute Gasteiger partial charge is 0.384 e. The molecule has 0 radical (unpaired) electrons. The van der Waals surface area contributed by atoms with Gasteiger partial charge in [0.1, 0.15) is 11.6 Å². The Morgan fingerprint density at radius 1 is 1.25 bits per heavy atom. The Labute approximate surface area is 144 Å². The van der Waals surface area contributed by atoms with E-state index in [1.807, 2.05) is 20.8 Å². The normalized spacial score (nSPS) is 12.2. The first-order valence-corrected chi connectivity index (χ1v) is 9.71. The van der Waals surface area contributed by atoms with Crippen LogP contribution in [-0.2, 0) is 10.0 Å². The van der Waals surface area contributed by atoms with Crippen LogP contribution >= 0.6 is 11.3 Å². The van der Waals surface area contributed by atoms with E-state index in [1.54, 1.807) is 0 Å². The van der Waals surface area contributed by atoms with Crippen LogP contribution in [-0.4, -0.2) is 19.9 Å². The fourth-order valence-corrected chi connectivity index (χ4v) is 3.52. The highest BCUT2D eigenvalue weighted by molar-refractivity contribution is 7.92. The zero-order valence-corrected chi connectivity index (χ0v) is 15.2. The predicted molar refractivity (Wildman–Crippen MR) is 91.8 cm³/mol. The molecule has 1 aromatic heterocycles. The fraction of sp³-hybridized carbons (Fsp3) is 0.400. The topological polar surface area (TPSA) is 71.1 Å². The van der Waals surface area contributed by atoms with Crippen LogP contribution in [0.1, 0.15) is 27.2 Å². The smallest absolute Gasteiger partial charge is 0.268 e. The Morgan fingerprint density at radius 3 is 2.38 bits per heavy atom. The number of hydrogen-bond acceptors (Lipinski definition) is 5. The van der Waals surface area contributed by atoms with Gasteiger partial charge in [-0.1, -0.05) is 20.8 Å². The monoisotopic (exact) mass is 375 g/mol. The molecule has 0 atom stereocenters. The van der Waals surface area contributed by atoms with Crippen LogP contribution in [0.25, 0.3) is 0 Å². The van der Waals surface area contributed by atoms with Crippen molar-refractivity contribution < 1.29 is 17.2 Å². The zero-order valence-electron chi connectivity index (χ0n) is 13.6. The summed E-state index contributed by atoms with van der Waals surface area (Å²) >= 11 is 1.16. The summed E-state index contributed by atoms with van der Waals surface area (Å²) in [5.74, 6) is -2.30. The molecule has 132 valence electrons. The van der Waals surface area contributed by atoms with E-state index in [1.165, 1.54) is 10.9 Å². The third-order valence-corrected chi connectivity index (χ3v) is 5.66. The minimum absolute atomic E-state index is 0.0192. The van der Waals surface area contributed by atoms with Crippen molar-refractivity contribution in [1.82, 2.24) is 4.98 Å². The molecule has 0 amide bonds. The molecule has 0 fully saturated rings. The first-order chi connectivity index (χ1) is 11.1. The van der Waals surface area contributed by atoms with E-state index >= 15 is 0 Å². The molecule has 0 spiro atoms. The van der Waals surface area contributed by atoms with Crippen LogP contribution in [0.3, 0.4) is 0 Å². The average Bonchev–Trinajstić information content (AvgIpc) is 2.96. The van der Waals surface area contributed by atoms with Gasteiger partial charge >= 0.3 is 0 Å². The van der Waals surface area contributed by atoms with Crippen molar-refractivity contribution in [2.45, 2.75) is 32.1 Å². The number of aromatic nitrogens is 1. The molecule has 0 aliphatic rings. The van der Waals surface area contributed by atoms with Gasteiger partial charge in [0.05, 0.1) is 5.51 Å². The molecule has 0 saturated heterocycles. The second-order valence-electron chi connectivity index (χ2n) is 6.12. The van der Waals surface area contributed by atoms with E-state index < -0.39 is 26.6 Å². The molecule has 1 aromatic carbocycles. The lowest BCUT2D eigenvalue weighted by Crippen LogP contribution is -2.22. The molecule has 0 aliphatic heterocycles. The summed E-state index contributed by atoms with van der Waals surface area (Å²) in [6.07, 6.45) is 0.884. The average molecular weight is 375 g/mol. The number of nitrogens with one attached hydrogen (secondary N) is 2. The third-order valence-electron chi connectivity index (χ3n) is 3.67. The highest BCUT2D eigenvalue weighted by atomic mass is 32.2. The summed E-state index contributed by atoms with van der Waals surface area (Å²) < 4.78 is 54.8. The molecule has 2 N–H and O–H groups in total. The number of benzene rings is 1. The van der Waals surface area contributed by atoms with Crippen LogP contribution in [0.4, 0.5) is 20.3 Å². The molecule has 2 aromatic rings. The maximum Gasteiger partial charge on any atom is 0.268 e. The fourth-order valence-electron chi connectivity index (χ4n) is 1.84. The highest BCUT2D eigenvalue weighted by Gasteiger charge is 2.26. The molecule has 9 heteroatoms. The van der Waals surface area contributed by atoms with E-state index in [-0.39, 0.29) is 16.9 Å². The summed E-state index contributed by atoms with van der Waals surface area (Å²) in [5, 5.41) is 4.36. The quantitative estimate of drug-likeness (QED) is 0.765. The number of sulfonamides is 1. The second-order valence-corrected chi connectivity index (χ2v) is 8.46. The Morgan fingerprint density at radius 2 is 1.88 bits per heavy atom. The van der Waals surface area contributed by atoms with Crippen LogP contribution in [0, 0.1) is 17.0 Å². The second kappa shape index (κ2) is 7.02. The van der Waals surface area contributed by atoms with E-state index in [2.05, 4.69) is 15.0 Å². The molecule has 2 rings (SSSR count). The van der Waals surface area contributed by atoms with Gasteiger partial charge in [0.25, 0.3) is 10.0 Å². The Bertz CT molecular complexity index is 783. The van der Waals surface area contributed by atoms with Gasteiger partial charge in [-0.3, -0.25) is 4.72 Å². The Balaban J connectivity index is 2.26. The van der Waals surface area contributed by atoms with E-state index in [0.29, 0.717) is 6.54 Å². The molecule has 1 heterocycles. The summed E-state index contributed by atoms with van der Waals surface area (Å²) in [7, 11) is -4.39. The van der Waals surface area contributed by atoms with E-state index in [4.69, 9.17) is 0 Å². The van der Waals surface area contributed by atoms with E-state index in [0.717, 1.165) is 29.9 Å². The maximum atomic E-state index is 14.2. The number of halogens is 2. The van der Waals surface area contributed by atoms with Gasteiger partial charge in [-0.15, -0.1) is 11.3 Å². The van der Waals surface area contributed by atoms with Crippen molar-refractivity contribution in [2.75, 3.05) is 16.6 Å². The molecule has 0 unspecified atom stereocenters. The first kappa shape index (κ1) is 18.6. The van der Waals surface area contributed by atoms with Gasteiger partial charge in [-0.2, -0.15) is 0 Å². The van der Waals surface area contributed by atoms with Gasteiger partial charge in [-0.05, 0) is 24.0 Å². The van der Waals surface area contributed by atoms with Crippen LogP contribution in [0.5, 0.6) is 0 Å². The van der Waals surface area contributed by atoms with Crippen molar-refractivity contribution in [3.05, 3.63) is 34.7 Å². The van der Waals surface area contributed by atoms with Crippen LogP contribution < -0.4 is 10.0 Å². The lowest BCUT2D eigenvalue weighted by atomic mass is 9.90. The molecule has 0 aliphatic carbocycles. The summed E-state index contributed by atoms with van der Waals surface area (Å²) in [4.78, 5) is 2.72. The lowest BCUT2D eigenvalue weighted by Gasteiger charge is -2.23. The van der Waals surface area contributed by atoms with Gasteiger partial charge in [0.2, 0.25) is 0 Å². The summed E-state index contributed by atoms with van der Waals surface area (Å²) in [6.45, 7) is 6.56. The number of anilines is 2. The Kier molecular flexibility index (Phi) is 5.44. The van der Waals surface area contributed by atoms with Gasteiger partial charge in [-0.25, -0.2) is 22.2 Å². The third kappa shape index (κ3) is 4.41. The standard InChI is InChI=1S/C15H19F2N3O2S2/c1-4-15(2,3)8-18-10-5-11(16)14(12(17)6-10)24(21,22)20-13-7-23-9-19-13/h5-7,9,18,20H,4,8H2,1-3H3. The highest BCUT2D eigenvalue weighted by Crippen LogP contribution is 2.27. The molecule has 0 saturated carbocycles. The SMILES string of the molecule is CCC(C)(C)CNc1cc(F)c(S(=O)(=O)Nc2cscn2)c(F)c1. The number of rotatable bonds is 7. The van der Waals surface area contributed by atoms with Gasteiger partial charge in [0.15, 0.2) is 10.7 Å². The van der Waals surface area contributed by atoms with Crippen molar-refractivity contribution in [3.63, 3.8) is 0 Å². The molecular formula is C15H19F2N3O2S2. The van der Waals surface area contributed by atoms with Crippen LogP contribution in [0.2, 0.25) is 0 Å². The van der Waals surface area contributed by atoms with Crippen LogP contribution in [0.15, 0.2) is 27.9 Å². The zero-order chi connectivity index (χ0) is 18.0. The first-order valence-electron chi connectivity index (χ1n) is 7.28. The number of hydrogen-bond donors (Lipinski definition) is 2. The van der Waals surface area contributed by atoms with Crippen molar-refractivity contribution in [1.29, 1.82) is 0 Å². The molecule has 0 bridgehead atoms. The maximum absolute atomic E-state index is 14.2. The number of nitrogens with zero attached hydrogens (tertiary/aromatic N) is 1. The minimum Gasteiger partial charge on any atom is -0.384 e. The minimum atomic E-state index is -4.39. The molecule has 24 heavy (non-hydrogen) atoms. The molecule has 5 nitrogen and oxygen atoms in total. The van der Waals surface area contributed by atoms with Crippen molar-refractivity contribution >= 4 is 32.9 Å². The lowest BCUT2D eigenvalue weighted by molar-refractivity contribution is 0.376. The van der Waals surface area contributed by atoms with Gasteiger partial charge < -0.3 is 5.32 Å². The number of thiazole rings is 1. The Hall–Kier alpha value is -1.74. The summed E-state index contributed by atoms with van der Waals surface area (Å²) in [6, 6.07) is 1.95. The molecular weight excluding hydrogens is 356 g/mol. The van der Waals surface area contributed by atoms with Crippen molar-refractivity contribution in [2.24, 2.45) is 5.41 Å². The van der Waals surface area contributed by atoms with Crippen molar-refractivity contribution in [3.8, 4) is 0 Å².